The summed E-state index contributed by atoms with van der Waals surface area (Å²) in [4.78, 5) is 24.4. The van der Waals surface area contributed by atoms with Crippen LogP contribution in [0.3, 0.4) is 0 Å². The van der Waals surface area contributed by atoms with E-state index in [0.29, 0.717) is 0 Å². The number of rotatable bonds is 1. The summed E-state index contributed by atoms with van der Waals surface area (Å²) >= 11 is 0. The molecule has 1 heterocycles. The van der Waals surface area contributed by atoms with Gasteiger partial charge in [0.2, 0.25) is 5.78 Å². The second-order valence-corrected chi connectivity index (χ2v) is 2.32. The zero-order valence-electron chi connectivity index (χ0n) is 6.62. The van der Waals surface area contributed by atoms with Crippen molar-refractivity contribution in [2.45, 2.75) is 12.4 Å². The Labute approximate surface area is 76.1 Å². The third-order valence-corrected chi connectivity index (χ3v) is 1.26. The number of hydrogen-bond donors (Lipinski definition) is 0. The average molecular weight is 207 g/mol. The van der Waals surface area contributed by atoms with E-state index < -0.39 is 24.2 Å². The molecule has 0 aromatic rings. The average Bonchev–Trinajstić information content (AvgIpc) is 2.07. The number of carbonyl (C=O) groups is 2. The number of carbonyl (C=O) groups excluding carboxylic acids is 2. The van der Waals surface area contributed by atoms with Crippen molar-refractivity contribution in [1.82, 2.24) is 0 Å². The smallest absolute Gasteiger partial charge is 0.425 e. The SMILES string of the molecule is O=C1C=CC=NC1OC(=O)C(F)(F)F. The lowest BCUT2D eigenvalue weighted by Crippen LogP contribution is -2.33. The number of dihydropyridines is 1. The topological polar surface area (TPSA) is 55.7 Å². The molecular formula is C7H4F3NO3. The number of hydrogen-bond acceptors (Lipinski definition) is 4. The molecular weight excluding hydrogens is 203 g/mol. The number of ketones is 1. The van der Waals surface area contributed by atoms with Crippen LogP contribution in [0.25, 0.3) is 0 Å². The van der Waals surface area contributed by atoms with Gasteiger partial charge >= 0.3 is 12.1 Å². The summed E-state index contributed by atoms with van der Waals surface area (Å²) < 4.78 is 38.8. The van der Waals surface area contributed by atoms with Gasteiger partial charge < -0.3 is 4.74 Å². The molecule has 1 aliphatic rings. The minimum absolute atomic E-state index is 0.801. The molecule has 0 aromatic heterocycles. The molecule has 0 aliphatic carbocycles. The predicted molar refractivity (Wildman–Crippen MR) is 38.6 cm³/mol. The summed E-state index contributed by atoms with van der Waals surface area (Å²) in [7, 11) is 0. The molecule has 14 heavy (non-hydrogen) atoms. The van der Waals surface area contributed by atoms with Crippen LogP contribution in [0.1, 0.15) is 0 Å². The van der Waals surface area contributed by atoms with Gasteiger partial charge in [-0.15, -0.1) is 0 Å². The lowest BCUT2D eigenvalue weighted by atomic mass is 10.3. The fraction of sp³-hybridized carbons (Fsp3) is 0.286. The Balaban J connectivity index is 2.62. The van der Waals surface area contributed by atoms with Crippen molar-refractivity contribution in [3.63, 3.8) is 0 Å². The van der Waals surface area contributed by atoms with Gasteiger partial charge in [0.1, 0.15) is 0 Å². The monoisotopic (exact) mass is 207 g/mol. The highest BCUT2D eigenvalue weighted by molar-refractivity contribution is 6.01. The summed E-state index contributed by atoms with van der Waals surface area (Å²) in [6.45, 7) is 0. The van der Waals surface area contributed by atoms with Crippen LogP contribution < -0.4 is 0 Å². The number of esters is 1. The Morgan fingerprint density at radius 3 is 2.64 bits per heavy atom. The molecule has 1 rings (SSSR count). The number of halogens is 3. The molecule has 1 aliphatic heterocycles. The van der Waals surface area contributed by atoms with Crippen molar-refractivity contribution < 1.29 is 27.5 Å². The Kier molecular flexibility index (Phi) is 2.68. The Morgan fingerprint density at radius 1 is 1.50 bits per heavy atom. The van der Waals surface area contributed by atoms with Crippen molar-refractivity contribution in [2.75, 3.05) is 0 Å². The lowest BCUT2D eigenvalue weighted by molar-refractivity contribution is -0.204. The summed E-state index contributed by atoms with van der Waals surface area (Å²) in [5.74, 6) is -3.23. The normalized spacial score (nSPS) is 21.1. The van der Waals surface area contributed by atoms with E-state index >= 15 is 0 Å². The highest BCUT2D eigenvalue weighted by Gasteiger charge is 2.43. The molecule has 0 saturated heterocycles. The number of alkyl halides is 3. The first-order valence-electron chi connectivity index (χ1n) is 3.43. The summed E-state index contributed by atoms with van der Waals surface area (Å²) in [5.41, 5.74) is 0. The van der Waals surface area contributed by atoms with E-state index in [-0.39, 0.29) is 0 Å². The van der Waals surface area contributed by atoms with Crippen molar-refractivity contribution >= 4 is 18.0 Å². The van der Waals surface area contributed by atoms with Crippen molar-refractivity contribution in [3.05, 3.63) is 12.2 Å². The number of nitrogens with zero attached hydrogens (tertiary/aromatic N) is 1. The van der Waals surface area contributed by atoms with Crippen LogP contribution in [0.15, 0.2) is 17.1 Å². The van der Waals surface area contributed by atoms with Gasteiger partial charge in [0.05, 0.1) is 0 Å². The third kappa shape index (κ3) is 2.41. The van der Waals surface area contributed by atoms with E-state index in [1.807, 2.05) is 0 Å². The van der Waals surface area contributed by atoms with Crippen LogP contribution in [0, 0.1) is 0 Å². The highest BCUT2D eigenvalue weighted by atomic mass is 19.4. The molecule has 0 bridgehead atoms. The number of ether oxygens (including phenoxy) is 1. The quantitative estimate of drug-likeness (QED) is 0.592. The first kappa shape index (κ1) is 10.4. The van der Waals surface area contributed by atoms with Gasteiger partial charge in [-0.25, -0.2) is 9.79 Å². The molecule has 76 valence electrons. The van der Waals surface area contributed by atoms with Gasteiger partial charge in [0.25, 0.3) is 6.23 Å². The molecule has 0 radical (unpaired) electrons. The first-order valence-corrected chi connectivity index (χ1v) is 3.43. The molecule has 0 N–H and O–H groups in total. The van der Waals surface area contributed by atoms with Crippen LogP contribution in [-0.2, 0) is 14.3 Å². The molecule has 1 unspecified atom stereocenters. The van der Waals surface area contributed by atoms with Gasteiger partial charge in [-0.1, -0.05) is 0 Å². The molecule has 0 saturated carbocycles. The van der Waals surface area contributed by atoms with Crippen molar-refractivity contribution in [3.8, 4) is 0 Å². The van der Waals surface area contributed by atoms with Gasteiger partial charge in [-0.3, -0.25) is 4.79 Å². The second kappa shape index (κ2) is 3.60. The van der Waals surface area contributed by atoms with E-state index in [2.05, 4.69) is 9.73 Å². The van der Waals surface area contributed by atoms with Crippen LogP contribution in [0.2, 0.25) is 0 Å². The van der Waals surface area contributed by atoms with E-state index in [9.17, 15) is 22.8 Å². The minimum Gasteiger partial charge on any atom is -0.425 e. The Bertz CT molecular complexity index is 319. The molecule has 0 amide bonds. The fourth-order valence-electron chi connectivity index (χ4n) is 0.678. The maximum absolute atomic E-state index is 11.7. The number of allylic oxidation sites excluding steroid dienone is 1. The maximum atomic E-state index is 11.7. The van der Waals surface area contributed by atoms with E-state index in [1.54, 1.807) is 0 Å². The maximum Gasteiger partial charge on any atom is 0.491 e. The second-order valence-electron chi connectivity index (χ2n) is 2.32. The Morgan fingerprint density at radius 2 is 2.14 bits per heavy atom. The van der Waals surface area contributed by atoms with Crippen molar-refractivity contribution in [2.24, 2.45) is 4.99 Å². The molecule has 1 atom stereocenters. The van der Waals surface area contributed by atoms with Crippen LogP contribution in [-0.4, -0.2) is 30.4 Å². The summed E-state index contributed by atoms with van der Waals surface area (Å²) in [5, 5.41) is 0. The zero-order chi connectivity index (χ0) is 10.8. The molecule has 0 spiro atoms. The van der Waals surface area contributed by atoms with Crippen LogP contribution >= 0.6 is 0 Å². The standard InChI is InChI=1S/C7H4F3NO3/c8-7(9,10)6(13)14-5-4(12)2-1-3-11-5/h1-3,5H. The van der Waals surface area contributed by atoms with Crippen LogP contribution in [0.4, 0.5) is 13.2 Å². The van der Waals surface area contributed by atoms with Gasteiger partial charge in [-0.2, -0.15) is 13.2 Å². The van der Waals surface area contributed by atoms with E-state index in [0.717, 1.165) is 12.3 Å². The van der Waals surface area contributed by atoms with Gasteiger partial charge in [0, 0.05) is 6.21 Å². The van der Waals surface area contributed by atoms with Gasteiger partial charge in [0.15, 0.2) is 0 Å². The minimum atomic E-state index is -5.11. The predicted octanol–water partition coefficient (Wildman–Crippen LogP) is 0.628. The largest absolute Gasteiger partial charge is 0.491 e. The molecule has 0 aromatic carbocycles. The molecule has 4 nitrogen and oxygen atoms in total. The van der Waals surface area contributed by atoms with Crippen molar-refractivity contribution in [1.29, 1.82) is 0 Å². The zero-order valence-corrected chi connectivity index (χ0v) is 6.62. The van der Waals surface area contributed by atoms with E-state index in [1.165, 1.54) is 6.08 Å². The lowest BCUT2D eigenvalue weighted by Gasteiger charge is -2.13. The van der Waals surface area contributed by atoms with Gasteiger partial charge in [-0.05, 0) is 12.2 Å². The van der Waals surface area contributed by atoms with E-state index in [4.69, 9.17) is 0 Å². The number of aliphatic imine (C=N–C) groups is 1. The first-order chi connectivity index (χ1) is 6.41. The fourth-order valence-corrected chi connectivity index (χ4v) is 0.678. The Hall–Kier alpha value is -1.66. The third-order valence-electron chi connectivity index (χ3n) is 1.26. The summed E-state index contributed by atoms with van der Waals surface area (Å²) in [6, 6.07) is 0. The summed E-state index contributed by atoms with van der Waals surface area (Å²) in [6.07, 6.45) is -3.54. The highest BCUT2D eigenvalue weighted by Crippen LogP contribution is 2.18. The van der Waals surface area contributed by atoms with Crippen LogP contribution in [0.5, 0.6) is 0 Å². The molecule has 0 fully saturated rings. The molecule has 7 heteroatoms.